The van der Waals surface area contributed by atoms with Gasteiger partial charge >= 0.3 is 0 Å². The minimum absolute atomic E-state index is 0.000148. The molecule has 43 heavy (non-hydrogen) atoms. The van der Waals surface area contributed by atoms with Crippen LogP contribution in [0.25, 0.3) is 0 Å². The topological polar surface area (TPSA) is 207 Å². The highest BCUT2D eigenvalue weighted by atomic mass is 19.3. The predicted octanol–water partition coefficient (Wildman–Crippen LogP) is 2.22. The van der Waals surface area contributed by atoms with E-state index in [1.54, 1.807) is 0 Å². The smallest absolute Gasteiger partial charge is 0.264 e. The first-order chi connectivity index (χ1) is 20.1. The molecule has 2 unspecified atom stereocenters. The minimum Gasteiger partial charge on any atom is -0.410 e. The zero-order valence-electron chi connectivity index (χ0n) is 23.6. The fourth-order valence-corrected chi connectivity index (χ4v) is 4.72. The van der Waals surface area contributed by atoms with E-state index in [0.717, 1.165) is 23.6 Å². The van der Waals surface area contributed by atoms with E-state index in [9.17, 15) is 36.3 Å². The van der Waals surface area contributed by atoms with Crippen LogP contribution in [0.1, 0.15) is 51.9 Å². The van der Waals surface area contributed by atoms with E-state index in [0.29, 0.717) is 5.01 Å². The normalized spacial score (nSPS) is 21.7. The molecule has 19 heteroatoms. The third kappa shape index (κ3) is 9.63. The maximum Gasteiger partial charge on any atom is 0.264 e. The Balaban J connectivity index is 2.45. The van der Waals surface area contributed by atoms with Gasteiger partial charge in [-0.05, 0) is 32.7 Å². The Labute approximate surface area is 244 Å². The van der Waals surface area contributed by atoms with Crippen LogP contribution in [0.2, 0.25) is 0 Å². The van der Waals surface area contributed by atoms with Crippen LogP contribution in [0.5, 0.6) is 0 Å². The van der Waals surface area contributed by atoms with E-state index in [1.807, 2.05) is 0 Å². The number of amidine groups is 1. The van der Waals surface area contributed by atoms with E-state index < -0.39 is 86.2 Å². The summed E-state index contributed by atoms with van der Waals surface area (Å²) >= 11 is 0. The molecule has 0 aromatic carbocycles. The molecule has 1 amide bonds. The molecule has 2 rings (SSSR count). The van der Waals surface area contributed by atoms with Crippen LogP contribution in [0, 0.1) is 11.3 Å². The van der Waals surface area contributed by atoms with Crippen molar-refractivity contribution in [3.63, 3.8) is 0 Å². The fraction of sp³-hybridized carbons (Fsp3) is 0.667. The van der Waals surface area contributed by atoms with Crippen molar-refractivity contribution in [2.45, 2.75) is 88.3 Å². The summed E-state index contributed by atoms with van der Waals surface area (Å²) in [6, 6.07) is -3.58. The Bertz CT molecular complexity index is 1130. The average molecular weight is 626 g/mol. The number of rotatable bonds is 13. The number of hydrazone groups is 2. The number of carbonyl (C=O) groups excluding carboxylic acids is 1. The Morgan fingerprint density at radius 2 is 1.77 bits per heavy atom. The van der Waals surface area contributed by atoms with Gasteiger partial charge in [-0.2, -0.15) is 15.2 Å². The summed E-state index contributed by atoms with van der Waals surface area (Å²) in [6.07, 6.45) is -3.57. The van der Waals surface area contributed by atoms with E-state index in [2.05, 4.69) is 25.7 Å². The maximum atomic E-state index is 13.8. The minimum atomic E-state index is -2.98. The number of hydrogen-bond acceptors (Lipinski definition) is 11. The summed E-state index contributed by atoms with van der Waals surface area (Å²) in [5.41, 5.74) is 4.84. The molecule has 2 saturated carbocycles. The van der Waals surface area contributed by atoms with Crippen LogP contribution in [-0.2, 0) is 4.79 Å². The van der Waals surface area contributed by atoms with Gasteiger partial charge < -0.3 is 27.5 Å². The number of nitrogens with zero attached hydrogens (tertiary/aromatic N) is 6. The molecule has 0 radical (unpaired) electrons. The number of aliphatic imine (C=N–C) groups is 1. The lowest BCUT2D eigenvalue weighted by Gasteiger charge is -2.42. The SMILES string of the molecule is CNC(C(=O)N(/N=C/C(=N/O)C(C)=N)/C(C=NC(CC(F)F)/C(=N/N)N(N)C1CC(F)(F)C1)=C/N)C1CCC(F)(F)CC1. The van der Waals surface area contributed by atoms with Crippen LogP contribution in [0.4, 0.5) is 26.3 Å². The van der Waals surface area contributed by atoms with Crippen molar-refractivity contribution in [3.05, 3.63) is 11.9 Å². The van der Waals surface area contributed by atoms with Gasteiger partial charge in [-0.3, -0.25) is 14.8 Å². The first kappa shape index (κ1) is 35.5. The van der Waals surface area contributed by atoms with E-state index >= 15 is 0 Å². The zero-order chi connectivity index (χ0) is 32.5. The molecule has 0 aromatic heterocycles. The lowest BCUT2D eigenvalue weighted by Crippen LogP contribution is -2.58. The number of alkyl halides is 6. The van der Waals surface area contributed by atoms with Crippen molar-refractivity contribution in [2.24, 2.45) is 43.7 Å². The molecule has 9 N–H and O–H groups in total. The van der Waals surface area contributed by atoms with Gasteiger partial charge in [0.1, 0.15) is 17.5 Å². The monoisotopic (exact) mass is 625 g/mol. The molecule has 0 saturated heterocycles. The number of halogens is 6. The summed E-state index contributed by atoms with van der Waals surface area (Å²) in [7, 11) is 1.43. The predicted molar refractivity (Wildman–Crippen MR) is 149 cm³/mol. The number of likely N-dealkylation sites (N-methyl/N-ethyl adjacent to an activating group) is 1. The maximum absolute atomic E-state index is 13.8. The molecule has 242 valence electrons. The number of nitrogens with two attached hydrogens (primary N) is 3. The highest BCUT2D eigenvalue weighted by Crippen LogP contribution is 2.40. The molecular weight excluding hydrogens is 588 g/mol. The van der Waals surface area contributed by atoms with Crippen molar-refractivity contribution in [3.8, 4) is 0 Å². The van der Waals surface area contributed by atoms with E-state index in [4.69, 9.17) is 22.8 Å². The number of carbonyl (C=O) groups is 1. The lowest BCUT2D eigenvalue weighted by molar-refractivity contribution is -0.134. The molecule has 2 atom stereocenters. The highest BCUT2D eigenvalue weighted by molar-refractivity contribution is 6.61. The van der Waals surface area contributed by atoms with Crippen molar-refractivity contribution >= 4 is 35.6 Å². The molecule has 0 heterocycles. The standard InChI is InChI=1S/C24H37F6N11O2/c1-13(32)18(39-43)12-37-41(22(42)20(35-2)14-3-5-23(27,28)6-4-14)16(10-31)11-36-17(7-19(25)26)21(38-33)40(34)15-8-24(29,30)9-15/h10-12,14-15,17,19-20,32,35,43H,3-9,31,33-34H2,1-2H3/b16-10+,32-13?,36-11?,37-12+,38-21-,39-18-. The van der Waals surface area contributed by atoms with Crippen LogP contribution in [-0.4, -0.2) is 94.3 Å². The second-order valence-electron chi connectivity index (χ2n) is 10.3. The summed E-state index contributed by atoms with van der Waals surface area (Å²) in [5.74, 6) is 3.62. The van der Waals surface area contributed by atoms with Gasteiger partial charge in [0.15, 0.2) is 5.84 Å². The van der Waals surface area contributed by atoms with Gasteiger partial charge in [0.25, 0.3) is 11.8 Å². The Hall–Kier alpha value is -3.74. The van der Waals surface area contributed by atoms with Crippen LogP contribution in [0.15, 0.2) is 32.2 Å². The van der Waals surface area contributed by atoms with E-state index in [1.165, 1.54) is 14.0 Å². The number of hydrazine groups is 1. The number of oxime groups is 1. The first-order valence-electron chi connectivity index (χ1n) is 13.2. The summed E-state index contributed by atoms with van der Waals surface area (Å²) in [5, 5.41) is 31.4. The molecule has 2 aliphatic carbocycles. The second-order valence-corrected chi connectivity index (χ2v) is 10.3. The van der Waals surface area contributed by atoms with E-state index in [-0.39, 0.29) is 30.0 Å². The molecule has 0 aliphatic heterocycles. The fourth-order valence-electron chi connectivity index (χ4n) is 4.72. The molecule has 0 spiro atoms. The number of allylic oxidation sites excluding steroid dienone is 1. The largest absolute Gasteiger partial charge is 0.410 e. The first-order valence-corrected chi connectivity index (χ1v) is 13.2. The summed E-state index contributed by atoms with van der Waals surface area (Å²) in [6.45, 7) is 1.27. The Kier molecular flexibility index (Phi) is 12.5. The molecular formula is C24H37F6N11O2. The second kappa shape index (κ2) is 15.1. The van der Waals surface area contributed by atoms with Crippen LogP contribution < -0.4 is 22.7 Å². The van der Waals surface area contributed by atoms with Gasteiger partial charge in [-0.1, -0.05) is 5.16 Å². The van der Waals surface area contributed by atoms with Gasteiger partial charge in [0.2, 0.25) is 12.3 Å². The third-order valence-corrected chi connectivity index (χ3v) is 7.17. The average Bonchev–Trinajstić information content (AvgIpc) is 2.91. The van der Waals surface area contributed by atoms with Crippen molar-refractivity contribution in [1.29, 1.82) is 5.41 Å². The highest BCUT2D eigenvalue weighted by Gasteiger charge is 2.49. The van der Waals surface area contributed by atoms with Gasteiger partial charge in [0, 0.05) is 44.5 Å². The van der Waals surface area contributed by atoms with Crippen molar-refractivity contribution in [2.75, 3.05) is 7.05 Å². The molecule has 13 nitrogen and oxygen atoms in total. The summed E-state index contributed by atoms with van der Waals surface area (Å²) < 4.78 is 81.4. The van der Waals surface area contributed by atoms with Crippen molar-refractivity contribution in [1.82, 2.24) is 15.3 Å². The van der Waals surface area contributed by atoms with Crippen LogP contribution in [0.3, 0.4) is 0 Å². The molecule has 0 bridgehead atoms. The Morgan fingerprint density at radius 1 is 1.16 bits per heavy atom. The van der Waals surface area contributed by atoms with Crippen LogP contribution >= 0.6 is 0 Å². The van der Waals surface area contributed by atoms with Gasteiger partial charge in [-0.15, -0.1) is 0 Å². The summed E-state index contributed by atoms with van der Waals surface area (Å²) in [4.78, 5) is 17.7. The lowest BCUT2D eigenvalue weighted by atomic mass is 9.81. The number of amides is 1. The molecule has 2 fully saturated rings. The third-order valence-electron chi connectivity index (χ3n) is 7.17. The number of nitrogens with one attached hydrogen (secondary N) is 2. The molecule has 0 aromatic rings. The molecule has 2 aliphatic rings. The van der Waals surface area contributed by atoms with Gasteiger partial charge in [0.05, 0.1) is 24.0 Å². The number of hydrogen-bond donors (Lipinski definition) is 6. The quantitative estimate of drug-likeness (QED) is 0.0449. The zero-order valence-corrected chi connectivity index (χ0v) is 23.6. The van der Waals surface area contributed by atoms with Gasteiger partial charge in [-0.25, -0.2) is 32.2 Å². The van der Waals surface area contributed by atoms with Crippen molar-refractivity contribution < 1.29 is 36.3 Å². The Morgan fingerprint density at radius 3 is 2.21 bits per heavy atom.